The van der Waals surface area contributed by atoms with Crippen LogP contribution in [0.15, 0.2) is 22.3 Å². The average molecular weight is 335 g/mol. The van der Waals surface area contributed by atoms with E-state index in [0.29, 0.717) is 17.8 Å². The van der Waals surface area contributed by atoms with E-state index in [0.717, 1.165) is 55.4 Å². The molecule has 0 spiro atoms. The summed E-state index contributed by atoms with van der Waals surface area (Å²) in [6.45, 7) is 4.70. The molecule has 2 saturated carbocycles. The summed E-state index contributed by atoms with van der Waals surface area (Å²) >= 11 is 6.62. The van der Waals surface area contributed by atoms with Crippen molar-refractivity contribution in [2.45, 2.75) is 64.9 Å². The quantitative estimate of drug-likeness (QED) is 0.561. The van der Waals surface area contributed by atoms with Crippen LogP contribution in [0.2, 0.25) is 0 Å². The summed E-state index contributed by atoms with van der Waals surface area (Å²) in [7, 11) is 0. The molecule has 0 radical (unpaired) electrons. The van der Waals surface area contributed by atoms with Crippen LogP contribution in [0.25, 0.3) is 0 Å². The molecule has 0 aromatic rings. The predicted octanol–water partition coefficient (Wildman–Crippen LogP) is 4.61. The molecule has 3 heteroatoms. The van der Waals surface area contributed by atoms with Crippen LogP contribution in [0.5, 0.6) is 0 Å². The minimum Gasteiger partial charge on any atom is -0.393 e. The van der Waals surface area contributed by atoms with Gasteiger partial charge in [-0.1, -0.05) is 37.1 Å². The van der Waals surface area contributed by atoms with E-state index in [4.69, 9.17) is 11.6 Å². The Bertz CT molecular complexity index is 607. The Balaban J connectivity index is 1.69. The van der Waals surface area contributed by atoms with Gasteiger partial charge in [-0.2, -0.15) is 0 Å². The fraction of sp³-hybridized carbons (Fsp3) is 0.750. The van der Waals surface area contributed by atoms with E-state index >= 15 is 0 Å². The number of halogens is 1. The SMILES string of the molecule is C[C@]12CCC(O)CC1=CCC1C2CC[C@]2(C)C(Cl)=C(C=O)CC12. The Hall–Kier alpha value is -0.600. The molecular formula is C20H27ClO2. The highest BCUT2D eigenvalue weighted by Crippen LogP contribution is 2.66. The second kappa shape index (κ2) is 5.20. The molecule has 4 unspecified atom stereocenters. The first-order valence-corrected chi connectivity index (χ1v) is 9.50. The molecule has 0 saturated heterocycles. The maximum Gasteiger partial charge on any atom is 0.147 e. The molecule has 0 amide bonds. The second-order valence-corrected chi connectivity index (χ2v) is 9.15. The third kappa shape index (κ3) is 2.07. The van der Waals surface area contributed by atoms with Crippen molar-refractivity contribution in [1.82, 2.24) is 0 Å². The maximum atomic E-state index is 11.4. The standard InChI is InChI=1S/C20H27ClO2/c1-19-7-5-14(23)10-13(19)3-4-15-16(19)6-8-20(2)17(15)9-12(11-22)18(20)21/h3,11,14-17,23H,4-10H2,1-2H3/t14?,15?,16?,17?,19-,20-/m0/s1. The molecule has 2 fully saturated rings. The molecule has 0 aromatic heterocycles. The number of aldehydes is 1. The first kappa shape index (κ1) is 15.9. The summed E-state index contributed by atoms with van der Waals surface area (Å²) < 4.78 is 0. The lowest BCUT2D eigenvalue weighted by Crippen LogP contribution is -2.49. The normalized spacial score (nSPS) is 49.1. The molecule has 0 aromatic carbocycles. The van der Waals surface area contributed by atoms with E-state index in [1.54, 1.807) is 0 Å². The van der Waals surface area contributed by atoms with Gasteiger partial charge >= 0.3 is 0 Å². The Labute approximate surface area is 144 Å². The van der Waals surface area contributed by atoms with Crippen molar-refractivity contribution in [3.8, 4) is 0 Å². The smallest absolute Gasteiger partial charge is 0.147 e. The van der Waals surface area contributed by atoms with Crippen LogP contribution in [-0.2, 0) is 4.79 Å². The minimum absolute atomic E-state index is 0.00878. The fourth-order valence-corrected chi connectivity index (χ4v) is 6.76. The lowest BCUT2D eigenvalue weighted by Gasteiger charge is -2.57. The molecule has 0 bridgehead atoms. The highest BCUT2D eigenvalue weighted by molar-refractivity contribution is 6.32. The molecule has 4 rings (SSSR count). The van der Waals surface area contributed by atoms with Crippen molar-refractivity contribution in [1.29, 1.82) is 0 Å². The van der Waals surface area contributed by atoms with Crippen LogP contribution in [-0.4, -0.2) is 17.5 Å². The van der Waals surface area contributed by atoms with Gasteiger partial charge in [0.2, 0.25) is 0 Å². The van der Waals surface area contributed by atoms with E-state index in [2.05, 4.69) is 19.9 Å². The van der Waals surface area contributed by atoms with Gasteiger partial charge in [-0.25, -0.2) is 0 Å². The molecule has 4 aliphatic carbocycles. The van der Waals surface area contributed by atoms with E-state index in [1.807, 2.05) is 0 Å². The monoisotopic (exact) mass is 334 g/mol. The summed E-state index contributed by atoms with van der Waals surface area (Å²) in [5, 5.41) is 10.9. The van der Waals surface area contributed by atoms with Gasteiger partial charge in [-0.15, -0.1) is 0 Å². The lowest BCUT2D eigenvalue weighted by molar-refractivity contribution is -0.105. The lowest BCUT2D eigenvalue weighted by atomic mass is 9.48. The maximum absolute atomic E-state index is 11.4. The Morgan fingerprint density at radius 2 is 1.91 bits per heavy atom. The van der Waals surface area contributed by atoms with E-state index in [1.165, 1.54) is 12.0 Å². The Morgan fingerprint density at radius 1 is 1.17 bits per heavy atom. The Morgan fingerprint density at radius 3 is 2.65 bits per heavy atom. The van der Waals surface area contributed by atoms with Crippen LogP contribution in [0, 0.1) is 28.6 Å². The summed E-state index contributed by atoms with van der Waals surface area (Å²) in [6, 6.07) is 0. The van der Waals surface area contributed by atoms with Gasteiger partial charge in [-0.05, 0) is 68.1 Å². The van der Waals surface area contributed by atoms with Gasteiger partial charge in [0.1, 0.15) is 6.29 Å². The highest BCUT2D eigenvalue weighted by Gasteiger charge is 2.57. The summed E-state index contributed by atoms with van der Waals surface area (Å²) in [5.74, 6) is 1.82. The summed E-state index contributed by atoms with van der Waals surface area (Å²) in [6.07, 6.45) is 10.4. The average Bonchev–Trinajstić information content (AvgIpc) is 2.79. The largest absolute Gasteiger partial charge is 0.393 e. The first-order chi connectivity index (χ1) is 10.9. The molecular weight excluding hydrogens is 308 g/mol. The Kier molecular flexibility index (Phi) is 3.59. The van der Waals surface area contributed by atoms with Gasteiger partial charge < -0.3 is 5.11 Å². The summed E-state index contributed by atoms with van der Waals surface area (Å²) in [5.41, 5.74) is 2.60. The molecule has 0 heterocycles. The van der Waals surface area contributed by atoms with Crippen molar-refractivity contribution in [3.05, 3.63) is 22.3 Å². The van der Waals surface area contributed by atoms with Crippen molar-refractivity contribution in [3.63, 3.8) is 0 Å². The number of rotatable bonds is 1. The molecule has 126 valence electrons. The number of aliphatic hydroxyl groups is 1. The number of aliphatic hydroxyl groups excluding tert-OH is 1. The second-order valence-electron chi connectivity index (χ2n) is 8.77. The third-order valence-corrected chi connectivity index (χ3v) is 8.51. The number of fused-ring (bicyclic) bond motifs is 5. The van der Waals surface area contributed by atoms with Gasteiger partial charge in [0.05, 0.1) is 6.10 Å². The minimum atomic E-state index is -0.149. The van der Waals surface area contributed by atoms with Crippen molar-refractivity contribution in [2.75, 3.05) is 0 Å². The van der Waals surface area contributed by atoms with Crippen LogP contribution in [0.3, 0.4) is 0 Å². The van der Waals surface area contributed by atoms with Crippen molar-refractivity contribution in [2.24, 2.45) is 28.6 Å². The van der Waals surface area contributed by atoms with Gasteiger partial charge in [0, 0.05) is 16.0 Å². The number of carbonyl (C=O) groups is 1. The molecule has 1 N–H and O–H groups in total. The van der Waals surface area contributed by atoms with E-state index < -0.39 is 0 Å². The zero-order valence-electron chi connectivity index (χ0n) is 14.1. The van der Waals surface area contributed by atoms with E-state index in [-0.39, 0.29) is 16.9 Å². The van der Waals surface area contributed by atoms with Gasteiger partial charge in [0.15, 0.2) is 0 Å². The molecule has 0 aliphatic heterocycles. The van der Waals surface area contributed by atoms with Crippen LogP contribution >= 0.6 is 11.6 Å². The molecule has 2 nitrogen and oxygen atoms in total. The highest BCUT2D eigenvalue weighted by atomic mass is 35.5. The zero-order chi connectivity index (χ0) is 16.4. The summed E-state index contributed by atoms with van der Waals surface area (Å²) in [4.78, 5) is 11.4. The number of carbonyl (C=O) groups excluding carboxylic acids is 1. The zero-order valence-corrected chi connectivity index (χ0v) is 14.9. The fourth-order valence-electron chi connectivity index (χ4n) is 6.40. The number of hydrogen-bond donors (Lipinski definition) is 1. The molecule has 6 atom stereocenters. The topological polar surface area (TPSA) is 37.3 Å². The van der Waals surface area contributed by atoms with Crippen LogP contribution in [0.1, 0.15) is 58.8 Å². The van der Waals surface area contributed by atoms with E-state index in [9.17, 15) is 9.90 Å². The van der Waals surface area contributed by atoms with Crippen molar-refractivity contribution < 1.29 is 9.90 Å². The third-order valence-electron chi connectivity index (χ3n) is 7.83. The molecule has 23 heavy (non-hydrogen) atoms. The first-order valence-electron chi connectivity index (χ1n) is 9.12. The molecule has 4 aliphatic rings. The van der Waals surface area contributed by atoms with Crippen LogP contribution < -0.4 is 0 Å². The van der Waals surface area contributed by atoms with Gasteiger partial charge in [-0.3, -0.25) is 4.79 Å². The van der Waals surface area contributed by atoms with Gasteiger partial charge in [0.25, 0.3) is 0 Å². The predicted molar refractivity (Wildman–Crippen MR) is 92.0 cm³/mol. The van der Waals surface area contributed by atoms with Crippen LogP contribution in [0.4, 0.5) is 0 Å². The van der Waals surface area contributed by atoms with Crippen molar-refractivity contribution >= 4 is 17.9 Å². The number of hydrogen-bond acceptors (Lipinski definition) is 2. The number of allylic oxidation sites excluding steroid dienone is 3.